The van der Waals surface area contributed by atoms with Gasteiger partial charge in [0.1, 0.15) is 11.9 Å². The van der Waals surface area contributed by atoms with Crippen LogP contribution in [0.1, 0.15) is 31.4 Å². The van der Waals surface area contributed by atoms with E-state index in [1.807, 2.05) is 38.1 Å². The van der Waals surface area contributed by atoms with Gasteiger partial charge in [-0.2, -0.15) is 0 Å². The minimum absolute atomic E-state index is 0.119. The number of nitrogens with zero attached hydrogens (tertiary/aromatic N) is 1. The molecule has 29 heavy (non-hydrogen) atoms. The molecule has 2 aromatic carbocycles. The number of thioether (sulfide) groups is 1. The summed E-state index contributed by atoms with van der Waals surface area (Å²) < 4.78 is 13.2. The molecule has 0 bridgehead atoms. The minimum Gasteiger partial charge on any atom is -0.355 e. The maximum Gasteiger partial charge on any atom is 0.242 e. The number of benzene rings is 2. The first-order valence-corrected chi connectivity index (χ1v) is 11.1. The second kappa shape index (κ2) is 11.8. The van der Waals surface area contributed by atoms with Crippen LogP contribution in [0, 0.1) is 5.82 Å². The lowest BCUT2D eigenvalue weighted by molar-refractivity contribution is -0.139. The SMILES string of the molecule is CCNC(=O)[C@H](CC)N(Cc1ccc(F)cc1)C(=O)CSCc1ccc(Cl)cc1. The molecule has 0 saturated carbocycles. The highest BCUT2D eigenvalue weighted by atomic mass is 35.5. The van der Waals surface area contributed by atoms with Crippen LogP contribution in [-0.2, 0) is 21.9 Å². The molecular weight excluding hydrogens is 411 g/mol. The van der Waals surface area contributed by atoms with E-state index in [1.54, 1.807) is 17.0 Å². The highest BCUT2D eigenvalue weighted by Crippen LogP contribution is 2.18. The van der Waals surface area contributed by atoms with Gasteiger partial charge in [0.05, 0.1) is 5.75 Å². The maximum atomic E-state index is 13.2. The molecule has 7 heteroatoms. The molecular formula is C22H26ClFN2O2S. The van der Waals surface area contributed by atoms with Crippen LogP contribution in [0.3, 0.4) is 0 Å². The van der Waals surface area contributed by atoms with Gasteiger partial charge in [-0.1, -0.05) is 42.8 Å². The van der Waals surface area contributed by atoms with Gasteiger partial charge >= 0.3 is 0 Å². The summed E-state index contributed by atoms with van der Waals surface area (Å²) in [4.78, 5) is 27.1. The van der Waals surface area contributed by atoms with Crippen molar-refractivity contribution in [1.82, 2.24) is 10.2 Å². The van der Waals surface area contributed by atoms with E-state index in [4.69, 9.17) is 11.6 Å². The molecule has 0 aromatic heterocycles. The highest BCUT2D eigenvalue weighted by Gasteiger charge is 2.28. The average molecular weight is 437 g/mol. The molecule has 2 amide bonds. The second-order valence-corrected chi connectivity index (χ2v) is 8.01. The summed E-state index contributed by atoms with van der Waals surface area (Å²) >= 11 is 7.39. The fraction of sp³-hybridized carbons (Fsp3) is 0.364. The van der Waals surface area contributed by atoms with Gasteiger partial charge in [0.15, 0.2) is 0 Å². The van der Waals surface area contributed by atoms with Crippen LogP contribution < -0.4 is 5.32 Å². The van der Waals surface area contributed by atoms with Crippen molar-refractivity contribution in [2.45, 2.75) is 38.6 Å². The Morgan fingerprint density at radius 1 is 1.07 bits per heavy atom. The van der Waals surface area contributed by atoms with Crippen molar-refractivity contribution in [1.29, 1.82) is 0 Å². The van der Waals surface area contributed by atoms with Gasteiger partial charge in [0.25, 0.3) is 0 Å². The maximum absolute atomic E-state index is 13.2. The zero-order chi connectivity index (χ0) is 21.2. The number of rotatable bonds is 10. The fourth-order valence-electron chi connectivity index (χ4n) is 2.92. The Labute approximate surface area is 180 Å². The monoisotopic (exact) mass is 436 g/mol. The molecule has 4 nitrogen and oxygen atoms in total. The standard InChI is InChI=1S/C22H26ClFN2O2S/c1-3-20(22(28)25-4-2)26(13-16-7-11-19(24)12-8-16)21(27)15-29-14-17-5-9-18(23)10-6-17/h5-12,20H,3-4,13-15H2,1-2H3,(H,25,28)/t20-/m0/s1. The number of likely N-dealkylation sites (N-methyl/N-ethyl adjacent to an activating group) is 1. The molecule has 0 fully saturated rings. The van der Waals surface area contributed by atoms with Crippen molar-refractivity contribution in [3.05, 3.63) is 70.5 Å². The van der Waals surface area contributed by atoms with Crippen LogP contribution in [0.25, 0.3) is 0 Å². The molecule has 0 spiro atoms. The topological polar surface area (TPSA) is 49.4 Å². The van der Waals surface area contributed by atoms with Gasteiger partial charge < -0.3 is 10.2 Å². The Balaban J connectivity index is 2.08. The molecule has 0 aliphatic heterocycles. The third kappa shape index (κ3) is 7.37. The zero-order valence-electron chi connectivity index (χ0n) is 16.7. The highest BCUT2D eigenvalue weighted by molar-refractivity contribution is 7.99. The second-order valence-electron chi connectivity index (χ2n) is 6.59. The molecule has 0 heterocycles. The Kier molecular flexibility index (Phi) is 9.48. The third-order valence-corrected chi connectivity index (χ3v) is 5.65. The van der Waals surface area contributed by atoms with Crippen LogP contribution in [0.4, 0.5) is 4.39 Å². The summed E-state index contributed by atoms with van der Waals surface area (Å²) in [7, 11) is 0. The molecule has 156 valence electrons. The normalized spacial score (nSPS) is 11.7. The molecule has 0 aliphatic rings. The van der Waals surface area contributed by atoms with Crippen LogP contribution in [0.5, 0.6) is 0 Å². The summed E-state index contributed by atoms with van der Waals surface area (Å²) in [6.07, 6.45) is 0.501. The summed E-state index contributed by atoms with van der Waals surface area (Å²) in [6, 6.07) is 12.9. The van der Waals surface area contributed by atoms with Crippen molar-refractivity contribution in [2.75, 3.05) is 12.3 Å². The van der Waals surface area contributed by atoms with Crippen LogP contribution in [-0.4, -0.2) is 35.1 Å². The number of carbonyl (C=O) groups is 2. The summed E-state index contributed by atoms with van der Waals surface area (Å²) in [5, 5.41) is 3.48. The Hall–Kier alpha value is -2.05. The van der Waals surface area contributed by atoms with Crippen molar-refractivity contribution in [2.24, 2.45) is 0 Å². The van der Waals surface area contributed by atoms with E-state index in [0.717, 1.165) is 11.1 Å². The molecule has 2 aromatic rings. The summed E-state index contributed by atoms with van der Waals surface area (Å²) in [5.41, 5.74) is 1.86. The summed E-state index contributed by atoms with van der Waals surface area (Å²) in [6.45, 7) is 4.49. The van der Waals surface area contributed by atoms with E-state index in [0.29, 0.717) is 23.7 Å². The number of hydrogen-bond acceptors (Lipinski definition) is 3. The predicted octanol–water partition coefficient (Wildman–Crippen LogP) is 4.66. The van der Waals surface area contributed by atoms with Gasteiger partial charge in [-0.3, -0.25) is 9.59 Å². The van der Waals surface area contributed by atoms with Crippen molar-refractivity contribution in [3.63, 3.8) is 0 Å². The smallest absolute Gasteiger partial charge is 0.242 e. The van der Waals surface area contributed by atoms with Crippen molar-refractivity contribution < 1.29 is 14.0 Å². The minimum atomic E-state index is -0.566. The van der Waals surface area contributed by atoms with Crippen LogP contribution in [0.15, 0.2) is 48.5 Å². The Bertz CT molecular complexity index is 799. The number of hydrogen-bond donors (Lipinski definition) is 1. The fourth-order valence-corrected chi connectivity index (χ4v) is 3.91. The van der Waals surface area contributed by atoms with E-state index in [9.17, 15) is 14.0 Å². The molecule has 0 unspecified atom stereocenters. The van der Waals surface area contributed by atoms with Crippen molar-refractivity contribution >= 4 is 35.2 Å². The van der Waals surface area contributed by atoms with Gasteiger partial charge in [0, 0.05) is 23.9 Å². The quantitative estimate of drug-likeness (QED) is 0.589. The van der Waals surface area contributed by atoms with Gasteiger partial charge in [-0.15, -0.1) is 11.8 Å². The molecule has 0 aliphatic carbocycles. The molecule has 2 rings (SSSR count). The molecule has 0 saturated heterocycles. The lowest BCUT2D eigenvalue weighted by Gasteiger charge is -2.30. The largest absolute Gasteiger partial charge is 0.355 e. The third-order valence-electron chi connectivity index (χ3n) is 4.41. The number of amides is 2. The average Bonchev–Trinajstić information content (AvgIpc) is 2.71. The first-order chi connectivity index (χ1) is 13.9. The first kappa shape index (κ1) is 23.2. The van der Waals surface area contributed by atoms with Crippen LogP contribution >= 0.6 is 23.4 Å². The van der Waals surface area contributed by atoms with Gasteiger partial charge in [0.2, 0.25) is 11.8 Å². The number of nitrogens with one attached hydrogen (secondary N) is 1. The van der Waals surface area contributed by atoms with E-state index >= 15 is 0 Å². The lowest BCUT2D eigenvalue weighted by atomic mass is 10.1. The number of carbonyl (C=O) groups excluding carboxylic acids is 2. The lowest BCUT2D eigenvalue weighted by Crippen LogP contribution is -2.49. The van der Waals surface area contributed by atoms with Gasteiger partial charge in [-0.25, -0.2) is 4.39 Å². The first-order valence-electron chi connectivity index (χ1n) is 9.58. The molecule has 0 radical (unpaired) electrons. The molecule has 1 atom stereocenters. The predicted molar refractivity (Wildman–Crippen MR) is 117 cm³/mol. The van der Waals surface area contributed by atoms with E-state index in [2.05, 4.69) is 5.32 Å². The van der Waals surface area contributed by atoms with Gasteiger partial charge in [-0.05, 0) is 48.7 Å². The van der Waals surface area contributed by atoms with Crippen LogP contribution in [0.2, 0.25) is 5.02 Å². The van der Waals surface area contributed by atoms with E-state index in [-0.39, 0.29) is 29.9 Å². The molecule has 1 N–H and O–H groups in total. The van der Waals surface area contributed by atoms with E-state index < -0.39 is 6.04 Å². The Morgan fingerprint density at radius 2 is 1.69 bits per heavy atom. The summed E-state index contributed by atoms with van der Waals surface area (Å²) in [5.74, 6) is 0.297. The van der Waals surface area contributed by atoms with Crippen molar-refractivity contribution in [3.8, 4) is 0 Å². The van der Waals surface area contributed by atoms with E-state index in [1.165, 1.54) is 23.9 Å². The number of halogens is 2. The zero-order valence-corrected chi connectivity index (χ0v) is 18.2. The Morgan fingerprint density at radius 3 is 2.28 bits per heavy atom.